The zero-order valence-corrected chi connectivity index (χ0v) is 10.7. The van der Waals surface area contributed by atoms with Gasteiger partial charge in [-0.2, -0.15) is 0 Å². The lowest BCUT2D eigenvalue weighted by molar-refractivity contribution is 0.192. The summed E-state index contributed by atoms with van der Waals surface area (Å²) in [5.41, 5.74) is 1.90. The first-order valence-electron chi connectivity index (χ1n) is 5.49. The van der Waals surface area contributed by atoms with Crippen molar-refractivity contribution < 1.29 is 14.6 Å². The molecule has 0 aromatic heterocycles. The van der Waals surface area contributed by atoms with E-state index in [1.165, 1.54) is 0 Å². The van der Waals surface area contributed by atoms with E-state index in [0.717, 1.165) is 16.9 Å². The molecular formula is C13H19NO3. The zero-order chi connectivity index (χ0) is 13.1. The molecule has 0 radical (unpaired) electrons. The Morgan fingerprint density at radius 2 is 2.12 bits per heavy atom. The van der Waals surface area contributed by atoms with Gasteiger partial charge in [-0.1, -0.05) is 26.0 Å². The van der Waals surface area contributed by atoms with Crippen LogP contribution in [0, 0.1) is 6.92 Å². The highest BCUT2D eigenvalue weighted by Crippen LogP contribution is 2.27. The molecule has 0 fully saturated rings. The van der Waals surface area contributed by atoms with E-state index in [4.69, 9.17) is 9.84 Å². The first kappa shape index (κ1) is 13.4. The van der Waals surface area contributed by atoms with E-state index >= 15 is 0 Å². The van der Waals surface area contributed by atoms with Gasteiger partial charge in [0.1, 0.15) is 5.75 Å². The molecule has 0 spiro atoms. The van der Waals surface area contributed by atoms with Gasteiger partial charge in [-0.25, -0.2) is 4.79 Å². The molecule has 0 aliphatic rings. The number of nitrogens with one attached hydrogen (secondary N) is 1. The van der Waals surface area contributed by atoms with Crippen molar-refractivity contribution in [3.63, 3.8) is 0 Å². The van der Waals surface area contributed by atoms with Crippen LogP contribution in [0.5, 0.6) is 5.75 Å². The molecule has 2 N–H and O–H groups in total. The minimum absolute atomic E-state index is 0.241. The molecule has 4 heteroatoms. The third kappa shape index (κ3) is 3.37. The first-order valence-corrected chi connectivity index (χ1v) is 5.49. The van der Waals surface area contributed by atoms with Crippen molar-refractivity contribution in [2.24, 2.45) is 0 Å². The van der Waals surface area contributed by atoms with Gasteiger partial charge in [0.15, 0.2) is 0 Å². The molecule has 0 atom stereocenters. The predicted molar refractivity (Wildman–Crippen MR) is 66.8 cm³/mol. The number of benzene rings is 1. The van der Waals surface area contributed by atoms with Gasteiger partial charge in [0.05, 0.1) is 7.11 Å². The third-order valence-corrected chi connectivity index (χ3v) is 2.86. The molecule has 1 rings (SSSR count). The van der Waals surface area contributed by atoms with Crippen LogP contribution >= 0.6 is 0 Å². The summed E-state index contributed by atoms with van der Waals surface area (Å²) in [6.45, 7) is 6.37. The summed E-state index contributed by atoms with van der Waals surface area (Å²) in [5.74, 6) is 0.843. The van der Waals surface area contributed by atoms with E-state index in [0.29, 0.717) is 6.54 Å². The smallest absolute Gasteiger partial charge is 0.404 e. The fourth-order valence-corrected chi connectivity index (χ4v) is 1.70. The fourth-order valence-electron chi connectivity index (χ4n) is 1.70. The topological polar surface area (TPSA) is 58.6 Å². The molecule has 1 aromatic rings. The Morgan fingerprint density at radius 1 is 1.47 bits per heavy atom. The Hall–Kier alpha value is -1.71. The van der Waals surface area contributed by atoms with E-state index in [1.807, 2.05) is 39.0 Å². The van der Waals surface area contributed by atoms with Gasteiger partial charge in [0, 0.05) is 12.0 Å². The molecule has 0 aliphatic heterocycles. The lowest BCUT2D eigenvalue weighted by Crippen LogP contribution is -2.35. The van der Waals surface area contributed by atoms with Crippen LogP contribution in [-0.4, -0.2) is 24.9 Å². The zero-order valence-electron chi connectivity index (χ0n) is 10.7. The van der Waals surface area contributed by atoms with E-state index in [9.17, 15) is 4.79 Å². The highest BCUT2D eigenvalue weighted by molar-refractivity contribution is 5.64. The second kappa shape index (κ2) is 5.08. The molecule has 0 heterocycles. The summed E-state index contributed by atoms with van der Waals surface area (Å²) >= 11 is 0. The van der Waals surface area contributed by atoms with Gasteiger partial charge in [0.25, 0.3) is 0 Å². The second-order valence-corrected chi connectivity index (χ2v) is 4.73. The average Bonchev–Trinajstić information content (AvgIpc) is 2.26. The quantitative estimate of drug-likeness (QED) is 0.846. The number of ether oxygens (including phenoxy) is 1. The molecule has 17 heavy (non-hydrogen) atoms. The normalized spacial score (nSPS) is 11.1. The van der Waals surface area contributed by atoms with Gasteiger partial charge in [-0.05, 0) is 24.1 Å². The van der Waals surface area contributed by atoms with E-state index in [1.54, 1.807) is 7.11 Å². The SMILES string of the molecule is COc1ccc(C(C)(C)CNC(=O)O)cc1C. The average molecular weight is 237 g/mol. The molecule has 0 bridgehead atoms. The second-order valence-electron chi connectivity index (χ2n) is 4.73. The number of carboxylic acid groups (broad SMARTS) is 1. The van der Waals surface area contributed by atoms with E-state index in [2.05, 4.69) is 5.32 Å². The van der Waals surface area contributed by atoms with E-state index in [-0.39, 0.29) is 5.41 Å². The first-order chi connectivity index (χ1) is 7.86. The Bertz CT molecular complexity index is 413. The minimum atomic E-state index is -0.997. The van der Waals surface area contributed by atoms with Gasteiger partial charge in [-0.3, -0.25) is 0 Å². The number of methoxy groups -OCH3 is 1. The van der Waals surface area contributed by atoms with Crippen LogP contribution in [0.1, 0.15) is 25.0 Å². The summed E-state index contributed by atoms with van der Waals surface area (Å²) in [5, 5.41) is 11.0. The molecule has 0 unspecified atom stereocenters. The molecule has 94 valence electrons. The van der Waals surface area contributed by atoms with Crippen molar-refractivity contribution in [3.8, 4) is 5.75 Å². The maximum absolute atomic E-state index is 10.5. The highest BCUT2D eigenvalue weighted by atomic mass is 16.5. The maximum Gasteiger partial charge on any atom is 0.404 e. The van der Waals surface area contributed by atoms with Crippen LogP contribution in [0.3, 0.4) is 0 Å². The van der Waals surface area contributed by atoms with Gasteiger partial charge in [0.2, 0.25) is 0 Å². The lowest BCUT2D eigenvalue weighted by Gasteiger charge is -2.25. The monoisotopic (exact) mass is 237 g/mol. The van der Waals surface area contributed by atoms with Crippen molar-refractivity contribution in [1.29, 1.82) is 0 Å². The highest BCUT2D eigenvalue weighted by Gasteiger charge is 2.22. The predicted octanol–water partition coefficient (Wildman–Crippen LogP) is 2.55. The van der Waals surface area contributed by atoms with Crippen molar-refractivity contribution in [3.05, 3.63) is 29.3 Å². The molecule has 1 amide bonds. The van der Waals surface area contributed by atoms with Crippen molar-refractivity contribution in [1.82, 2.24) is 5.32 Å². The molecule has 4 nitrogen and oxygen atoms in total. The van der Waals surface area contributed by atoms with Crippen molar-refractivity contribution in [2.75, 3.05) is 13.7 Å². The molecule has 1 aromatic carbocycles. The number of aryl methyl sites for hydroxylation is 1. The summed E-state index contributed by atoms with van der Waals surface area (Å²) < 4.78 is 5.20. The van der Waals surface area contributed by atoms with Crippen LogP contribution in [0.4, 0.5) is 4.79 Å². The molecule has 0 aliphatic carbocycles. The molecule has 0 saturated carbocycles. The standard InChI is InChI=1S/C13H19NO3/c1-9-7-10(5-6-11(9)17-4)13(2,3)8-14-12(15)16/h5-7,14H,8H2,1-4H3,(H,15,16). The number of carbonyl (C=O) groups is 1. The summed E-state index contributed by atoms with van der Waals surface area (Å²) in [4.78, 5) is 10.5. The van der Waals surface area contributed by atoms with Gasteiger partial charge < -0.3 is 15.2 Å². The van der Waals surface area contributed by atoms with Gasteiger partial charge >= 0.3 is 6.09 Å². The van der Waals surface area contributed by atoms with Crippen LogP contribution in [-0.2, 0) is 5.41 Å². The number of rotatable bonds is 4. The minimum Gasteiger partial charge on any atom is -0.496 e. The summed E-state index contributed by atoms with van der Waals surface area (Å²) in [6.07, 6.45) is -0.997. The Balaban J connectivity index is 2.90. The largest absolute Gasteiger partial charge is 0.496 e. The maximum atomic E-state index is 10.5. The van der Waals surface area contributed by atoms with E-state index < -0.39 is 6.09 Å². The lowest BCUT2D eigenvalue weighted by atomic mass is 9.84. The number of hydrogen-bond acceptors (Lipinski definition) is 2. The van der Waals surface area contributed by atoms with Crippen LogP contribution < -0.4 is 10.1 Å². The number of amides is 1. The van der Waals surface area contributed by atoms with Crippen LogP contribution in [0.25, 0.3) is 0 Å². The Morgan fingerprint density at radius 3 is 2.59 bits per heavy atom. The Kier molecular flexibility index (Phi) is 3.99. The fraction of sp³-hybridized carbons (Fsp3) is 0.462. The van der Waals surface area contributed by atoms with Crippen LogP contribution in [0.15, 0.2) is 18.2 Å². The van der Waals surface area contributed by atoms with Gasteiger partial charge in [-0.15, -0.1) is 0 Å². The van der Waals surface area contributed by atoms with Crippen molar-refractivity contribution >= 4 is 6.09 Å². The van der Waals surface area contributed by atoms with Crippen LogP contribution in [0.2, 0.25) is 0 Å². The summed E-state index contributed by atoms with van der Waals surface area (Å²) in [6, 6.07) is 5.91. The Labute approximate surface area is 102 Å². The third-order valence-electron chi connectivity index (χ3n) is 2.86. The summed E-state index contributed by atoms with van der Waals surface area (Å²) in [7, 11) is 1.64. The molecular weight excluding hydrogens is 218 g/mol. The van der Waals surface area contributed by atoms with Crippen molar-refractivity contribution in [2.45, 2.75) is 26.2 Å². The molecule has 0 saturated heterocycles. The number of hydrogen-bond donors (Lipinski definition) is 2.